The molecule has 5 rings (SSSR count). The number of carbonyl (C=O) groups is 2. The van der Waals surface area contributed by atoms with Gasteiger partial charge in [-0.25, -0.2) is 0 Å². The highest BCUT2D eigenvalue weighted by atomic mass is 16.5. The molecule has 2 atom stereocenters. The lowest BCUT2D eigenvalue weighted by atomic mass is 9.89. The van der Waals surface area contributed by atoms with Crippen LogP contribution in [0.5, 0.6) is 5.75 Å². The Morgan fingerprint density at radius 1 is 0.842 bits per heavy atom. The zero-order chi connectivity index (χ0) is 26.5. The Balaban J connectivity index is 1.51. The molecule has 5 heteroatoms. The van der Waals surface area contributed by atoms with Crippen LogP contribution in [0.15, 0.2) is 115 Å². The maximum Gasteiger partial charge on any atom is 0.258 e. The van der Waals surface area contributed by atoms with Crippen LogP contribution in [0.25, 0.3) is 6.08 Å². The van der Waals surface area contributed by atoms with Gasteiger partial charge in [-0.1, -0.05) is 66.7 Å². The van der Waals surface area contributed by atoms with Crippen molar-refractivity contribution in [3.05, 3.63) is 132 Å². The molecule has 0 saturated heterocycles. The van der Waals surface area contributed by atoms with E-state index in [-0.39, 0.29) is 23.9 Å². The van der Waals surface area contributed by atoms with Gasteiger partial charge in [-0.2, -0.15) is 0 Å². The third kappa shape index (κ3) is 5.09. The number of fused-ring (bicyclic) bond motifs is 1. The molecule has 5 nitrogen and oxygen atoms in total. The molecule has 1 heterocycles. The van der Waals surface area contributed by atoms with Gasteiger partial charge in [0.25, 0.3) is 11.8 Å². The Morgan fingerprint density at radius 3 is 2.16 bits per heavy atom. The van der Waals surface area contributed by atoms with Gasteiger partial charge >= 0.3 is 0 Å². The number of hydrogen-bond donors (Lipinski definition) is 0. The van der Waals surface area contributed by atoms with Gasteiger partial charge in [-0.05, 0) is 73.0 Å². The van der Waals surface area contributed by atoms with Gasteiger partial charge in [-0.3, -0.25) is 9.59 Å². The molecule has 0 fully saturated rings. The number of nitrogens with zero attached hydrogens (tertiary/aromatic N) is 2. The van der Waals surface area contributed by atoms with Crippen LogP contribution in [0.4, 0.5) is 11.4 Å². The lowest BCUT2D eigenvalue weighted by molar-refractivity contribution is -0.114. The molecular weight excluding hydrogens is 472 g/mol. The normalized spacial score (nSPS) is 16.6. The number of anilines is 2. The lowest BCUT2D eigenvalue weighted by Gasteiger charge is -2.43. The first kappa shape index (κ1) is 25.0. The van der Waals surface area contributed by atoms with Crippen LogP contribution >= 0.6 is 0 Å². The maximum absolute atomic E-state index is 13.9. The van der Waals surface area contributed by atoms with Crippen LogP contribution in [0, 0.1) is 0 Å². The summed E-state index contributed by atoms with van der Waals surface area (Å²) in [6, 6.07) is 34.2. The third-order valence-electron chi connectivity index (χ3n) is 6.92. The van der Waals surface area contributed by atoms with Crippen LogP contribution in [0.3, 0.4) is 0 Å². The van der Waals surface area contributed by atoms with Gasteiger partial charge in [-0.15, -0.1) is 0 Å². The zero-order valence-corrected chi connectivity index (χ0v) is 21.5. The lowest BCUT2D eigenvalue weighted by Crippen LogP contribution is -2.47. The molecule has 1 aliphatic rings. The second-order valence-corrected chi connectivity index (χ2v) is 9.35. The number of amides is 2. The number of methoxy groups -OCH3 is 1. The summed E-state index contributed by atoms with van der Waals surface area (Å²) in [4.78, 5) is 31.1. The minimum Gasteiger partial charge on any atom is -0.497 e. The Kier molecular flexibility index (Phi) is 7.36. The fraction of sp³-hybridized carbons (Fsp3) is 0.152. The predicted molar refractivity (Wildman–Crippen MR) is 152 cm³/mol. The van der Waals surface area contributed by atoms with Gasteiger partial charge in [0.1, 0.15) is 5.75 Å². The van der Waals surface area contributed by atoms with Gasteiger partial charge < -0.3 is 14.5 Å². The van der Waals surface area contributed by atoms with Crippen LogP contribution in [-0.2, 0) is 4.79 Å². The average Bonchev–Trinajstić information content (AvgIpc) is 2.97. The highest BCUT2D eigenvalue weighted by Gasteiger charge is 2.38. The van der Waals surface area contributed by atoms with E-state index in [1.165, 1.54) is 0 Å². The molecule has 190 valence electrons. The Labute approximate surface area is 223 Å². The van der Waals surface area contributed by atoms with E-state index in [1.807, 2.05) is 132 Å². The van der Waals surface area contributed by atoms with E-state index in [0.717, 1.165) is 28.3 Å². The van der Waals surface area contributed by atoms with Crippen molar-refractivity contribution in [3.8, 4) is 5.75 Å². The van der Waals surface area contributed by atoms with E-state index in [9.17, 15) is 9.59 Å². The van der Waals surface area contributed by atoms with E-state index >= 15 is 0 Å². The quantitative estimate of drug-likeness (QED) is 0.269. The van der Waals surface area contributed by atoms with Crippen LogP contribution in [0.1, 0.15) is 40.9 Å². The third-order valence-corrected chi connectivity index (χ3v) is 6.92. The van der Waals surface area contributed by atoms with Crippen LogP contribution in [-0.4, -0.2) is 25.0 Å². The Hall–Kier alpha value is -4.64. The summed E-state index contributed by atoms with van der Waals surface area (Å²) in [5.74, 6) is 0.606. The molecule has 0 aromatic heterocycles. The predicted octanol–water partition coefficient (Wildman–Crippen LogP) is 6.92. The first-order valence-electron chi connectivity index (χ1n) is 12.7. The standard InChI is InChI=1S/C33H30N2O3/c1-24-23-31(35(27-13-7-4-8-14-27)33(37)26-11-5-3-6-12-26)29-15-9-10-16-30(29)34(24)32(36)22-19-25-17-20-28(38-2)21-18-25/h3-22,24,31H,23H2,1-2H3/b22-19+/t24-,31+/m1/s1. The monoisotopic (exact) mass is 502 g/mol. The molecule has 0 bridgehead atoms. The fourth-order valence-corrected chi connectivity index (χ4v) is 5.07. The maximum atomic E-state index is 13.9. The largest absolute Gasteiger partial charge is 0.497 e. The SMILES string of the molecule is COc1ccc(/C=C/C(=O)N2c3ccccc3[C@@H](N(C(=O)c3ccccc3)c3ccccc3)C[C@H]2C)cc1. The molecule has 0 spiro atoms. The van der Waals surface area contributed by atoms with E-state index in [4.69, 9.17) is 4.74 Å². The summed E-state index contributed by atoms with van der Waals surface area (Å²) < 4.78 is 5.22. The van der Waals surface area contributed by atoms with E-state index in [0.29, 0.717) is 12.0 Å². The minimum absolute atomic E-state index is 0.0667. The van der Waals surface area contributed by atoms with Crippen molar-refractivity contribution in [2.45, 2.75) is 25.4 Å². The molecule has 0 aliphatic carbocycles. The number of hydrogen-bond acceptors (Lipinski definition) is 3. The first-order chi connectivity index (χ1) is 18.6. The number of ether oxygens (including phenoxy) is 1. The summed E-state index contributed by atoms with van der Waals surface area (Å²) in [5, 5.41) is 0. The zero-order valence-electron chi connectivity index (χ0n) is 21.5. The summed E-state index contributed by atoms with van der Waals surface area (Å²) in [6.45, 7) is 2.04. The molecule has 0 saturated carbocycles. The summed E-state index contributed by atoms with van der Waals surface area (Å²) in [5.41, 5.74) is 4.14. The Bertz CT molecular complexity index is 1430. The van der Waals surface area contributed by atoms with Gasteiger partial charge in [0.15, 0.2) is 0 Å². The first-order valence-corrected chi connectivity index (χ1v) is 12.7. The molecule has 2 amide bonds. The molecule has 0 unspecified atom stereocenters. The van der Waals surface area contributed by atoms with Gasteiger partial charge in [0.2, 0.25) is 0 Å². The smallest absolute Gasteiger partial charge is 0.258 e. The van der Waals surface area contributed by atoms with Crippen LogP contribution in [0.2, 0.25) is 0 Å². The van der Waals surface area contributed by atoms with E-state index in [1.54, 1.807) is 13.2 Å². The fourth-order valence-electron chi connectivity index (χ4n) is 5.07. The molecule has 1 aliphatic heterocycles. The van der Waals surface area contributed by atoms with Crippen molar-refractivity contribution in [3.63, 3.8) is 0 Å². The number of carbonyl (C=O) groups excluding carboxylic acids is 2. The minimum atomic E-state index is -0.231. The topological polar surface area (TPSA) is 49.9 Å². The van der Waals surface area contributed by atoms with Crippen molar-refractivity contribution < 1.29 is 14.3 Å². The van der Waals surface area contributed by atoms with E-state index < -0.39 is 0 Å². The Morgan fingerprint density at radius 2 is 1.47 bits per heavy atom. The van der Waals surface area contributed by atoms with Crippen molar-refractivity contribution in [2.24, 2.45) is 0 Å². The van der Waals surface area contributed by atoms with Gasteiger partial charge in [0, 0.05) is 29.1 Å². The van der Waals surface area contributed by atoms with Crippen molar-refractivity contribution in [1.82, 2.24) is 0 Å². The van der Waals surface area contributed by atoms with Crippen molar-refractivity contribution in [2.75, 3.05) is 16.9 Å². The summed E-state index contributed by atoms with van der Waals surface area (Å²) in [7, 11) is 1.63. The summed E-state index contributed by atoms with van der Waals surface area (Å²) >= 11 is 0. The second kappa shape index (κ2) is 11.2. The highest BCUT2D eigenvalue weighted by molar-refractivity contribution is 6.08. The molecule has 0 radical (unpaired) electrons. The van der Waals surface area contributed by atoms with Crippen molar-refractivity contribution >= 4 is 29.3 Å². The summed E-state index contributed by atoms with van der Waals surface area (Å²) in [6.07, 6.45) is 4.03. The highest BCUT2D eigenvalue weighted by Crippen LogP contribution is 2.42. The van der Waals surface area contributed by atoms with E-state index in [2.05, 4.69) is 0 Å². The number of para-hydroxylation sites is 2. The van der Waals surface area contributed by atoms with Crippen molar-refractivity contribution in [1.29, 1.82) is 0 Å². The van der Waals surface area contributed by atoms with Crippen LogP contribution < -0.4 is 14.5 Å². The second-order valence-electron chi connectivity index (χ2n) is 9.35. The number of benzene rings is 4. The molecular formula is C33H30N2O3. The molecule has 4 aromatic carbocycles. The molecule has 4 aromatic rings. The molecule has 0 N–H and O–H groups in total. The number of rotatable bonds is 6. The van der Waals surface area contributed by atoms with Gasteiger partial charge in [0.05, 0.1) is 13.2 Å². The average molecular weight is 503 g/mol. The molecule has 38 heavy (non-hydrogen) atoms.